The lowest BCUT2D eigenvalue weighted by molar-refractivity contribution is 0.232. The lowest BCUT2D eigenvalue weighted by Gasteiger charge is -2.17. The molecule has 0 aliphatic heterocycles. The van der Waals surface area contributed by atoms with Gasteiger partial charge in [0.15, 0.2) is 0 Å². The van der Waals surface area contributed by atoms with E-state index < -0.39 is 0 Å². The van der Waals surface area contributed by atoms with Crippen LogP contribution in [0.4, 0.5) is 5.69 Å². The van der Waals surface area contributed by atoms with Gasteiger partial charge in [-0.3, -0.25) is 0 Å². The molecule has 92 valence electrons. The Balaban J connectivity index is 3.17. The van der Waals surface area contributed by atoms with Crippen LogP contribution in [0.2, 0.25) is 0 Å². The fourth-order valence-corrected chi connectivity index (χ4v) is 1.37. The summed E-state index contributed by atoms with van der Waals surface area (Å²) >= 11 is 0. The van der Waals surface area contributed by atoms with Crippen molar-refractivity contribution in [2.75, 3.05) is 5.73 Å². The van der Waals surface area contributed by atoms with Crippen LogP contribution in [-0.4, -0.2) is 12.2 Å². The zero-order chi connectivity index (χ0) is 13.0. The number of hydrogen-bond donors (Lipinski definition) is 1. The van der Waals surface area contributed by atoms with Crippen LogP contribution in [0.1, 0.15) is 33.3 Å². The maximum atomic E-state index is 8.94. The molecule has 17 heavy (non-hydrogen) atoms. The van der Waals surface area contributed by atoms with Gasteiger partial charge < -0.3 is 15.2 Å². The van der Waals surface area contributed by atoms with Gasteiger partial charge in [-0.2, -0.15) is 5.26 Å². The van der Waals surface area contributed by atoms with Crippen LogP contribution in [0, 0.1) is 11.3 Å². The molecule has 0 spiro atoms. The predicted molar refractivity (Wildman–Crippen MR) is 67.1 cm³/mol. The van der Waals surface area contributed by atoms with Crippen molar-refractivity contribution >= 4 is 5.69 Å². The average Bonchev–Trinajstić information content (AvgIpc) is 2.22. The number of ether oxygens (including phenoxy) is 2. The van der Waals surface area contributed by atoms with Crippen molar-refractivity contribution in [3.63, 3.8) is 0 Å². The molecule has 0 fully saturated rings. The van der Waals surface area contributed by atoms with Gasteiger partial charge in [0.1, 0.15) is 17.2 Å². The van der Waals surface area contributed by atoms with Crippen LogP contribution in [-0.2, 0) is 0 Å². The van der Waals surface area contributed by atoms with E-state index in [0.717, 1.165) is 0 Å². The molecule has 1 aromatic rings. The number of hydrogen-bond acceptors (Lipinski definition) is 4. The molecule has 4 nitrogen and oxygen atoms in total. The van der Waals surface area contributed by atoms with Crippen LogP contribution < -0.4 is 15.2 Å². The molecular formula is C13H18N2O2. The summed E-state index contributed by atoms with van der Waals surface area (Å²) in [4.78, 5) is 0. The highest BCUT2D eigenvalue weighted by Gasteiger charge is 2.12. The summed E-state index contributed by atoms with van der Waals surface area (Å²) in [6.45, 7) is 7.62. The molecule has 0 saturated carbocycles. The summed E-state index contributed by atoms with van der Waals surface area (Å²) in [5.41, 5.74) is 6.86. The Kier molecular flexibility index (Phi) is 4.22. The highest BCUT2D eigenvalue weighted by molar-refractivity contribution is 5.66. The van der Waals surface area contributed by atoms with Gasteiger partial charge in [0.25, 0.3) is 0 Å². The Bertz CT molecular complexity index is 403. The molecule has 0 aliphatic rings. The van der Waals surface area contributed by atoms with E-state index in [-0.39, 0.29) is 12.2 Å². The summed E-state index contributed by atoms with van der Waals surface area (Å²) < 4.78 is 11.1. The standard InChI is InChI=1S/C13H18N2O2/c1-8(2)16-11-5-10(7-14)6-12(13(11)15)17-9(3)4/h5-6,8-9H,15H2,1-4H3. The molecule has 1 rings (SSSR count). The Hall–Kier alpha value is -1.89. The molecule has 0 bridgehead atoms. The number of anilines is 1. The predicted octanol–water partition coefficient (Wildman–Crippen LogP) is 2.71. The van der Waals surface area contributed by atoms with Crippen molar-refractivity contribution in [1.82, 2.24) is 0 Å². The third-order valence-electron chi connectivity index (χ3n) is 1.96. The largest absolute Gasteiger partial charge is 0.489 e. The van der Waals surface area contributed by atoms with Crippen LogP contribution >= 0.6 is 0 Å². The molecule has 0 aliphatic carbocycles. The SMILES string of the molecule is CC(C)Oc1cc(C#N)cc(OC(C)C)c1N. The van der Waals surface area contributed by atoms with Gasteiger partial charge in [0.05, 0.1) is 23.8 Å². The maximum Gasteiger partial charge on any atom is 0.147 e. The fraction of sp³-hybridized carbons (Fsp3) is 0.462. The highest BCUT2D eigenvalue weighted by Crippen LogP contribution is 2.34. The van der Waals surface area contributed by atoms with E-state index >= 15 is 0 Å². The number of nitrogen functional groups attached to an aromatic ring is 1. The van der Waals surface area contributed by atoms with Crippen molar-refractivity contribution in [1.29, 1.82) is 5.26 Å². The Morgan fingerprint density at radius 2 is 1.47 bits per heavy atom. The van der Waals surface area contributed by atoms with E-state index in [0.29, 0.717) is 22.7 Å². The average molecular weight is 234 g/mol. The number of benzene rings is 1. The van der Waals surface area contributed by atoms with Crippen LogP contribution in [0.25, 0.3) is 0 Å². The topological polar surface area (TPSA) is 68.3 Å². The first-order chi connectivity index (χ1) is 7.93. The first kappa shape index (κ1) is 13.2. The highest BCUT2D eigenvalue weighted by atomic mass is 16.5. The summed E-state index contributed by atoms with van der Waals surface area (Å²) in [7, 11) is 0. The van der Waals surface area contributed by atoms with Gasteiger partial charge in [-0.25, -0.2) is 0 Å². The molecule has 0 radical (unpaired) electrons. The van der Waals surface area contributed by atoms with Gasteiger partial charge in [-0.05, 0) is 27.7 Å². The van der Waals surface area contributed by atoms with Crippen LogP contribution in [0.15, 0.2) is 12.1 Å². The van der Waals surface area contributed by atoms with Gasteiger partial charge >= 0.3 is 0 Å². The molecule has 0 amide bonds. The van der Waals surface area contributed by atoms with Gasteiger partial charge in [-0.1, -0.05) is 0 Å². The first-order valence-electron chi connectivity index (χ1n) is 5.61. The maximum absolute atomic E-state index is 8.94. The molecular weight excluding hydrogens is 216 g/mol. The second-order valence-corrected chi connectivity index (χ2v) is 4.33. The van der Waals surface area contributed by atoms with Gasteiger partial charge in [-0.15, -0.1) is 0 Å². The number of rotatable bonds is 4. The minimum atomic E-state index is -0.00172. The van der Waals surface area contributed by atoms with Gasteiger partial charge in [0.2, 0.25) is 0 Å². The van der Waals surface area contributed by atoms with Crippen molar-refractivity contribution in [2.45, 2.75) is 39.9 Å². The van der Waals surface area contributed by atoms with Crippen LogP contribution in [0.3, 0.4) is 0 Å². The molecule has 4 heteroatoms. The molecule has 0 heterocycles. The summed E-state index contributed by atoms with van der Waals surface area (Å²) in [5, 5.41) is 8.94. The molecule has 1 aromatic carbocycles. The van der Waals surface area contributed by atoms with E-state index in [1.165, 1.54) is 0 Å². The first-order valence-corrected chi connectivity index (χ1v) is 5.61. The molecule has 2 N–H and O–H groups in total. The van der Waals surface area contributed by atoms with Gasteiger partial charge in [0, 0.05) is 12.1 Å². The van der Waals surface area contributed by atoms with Crippen LogP contribution in [0.5, 0.6) is 11.5 Å². The van der Waals surface area contributed by atoms with Crippen molar-refractivity contribution in [3.8, 4) is 17.6 Å². The van der Waals surface area contributed by atoms with Crippen molar-refractivity contribution in [3.05, 3.63) is 17.7 Å². The Morgan fingerprint density at radius 3 is 1.76 bits per heavy atom. The molecule has 0 unspecified atom stereocenters. The molecule has 0 aromatic heterocycles. The fourth-order valence-electron chi connectivity index (χ4n) is 1.37. The minimum Gasteiger partial charge on any atom is -0.489 e. The van der Waals surface area contributed by atoms with E-state index in [4.69, 9.17) is 20.5 Å². The molecule has 0 saturated heterocycles. The Morgan fingerprint density at radius 1 is 1.06 bits per heavy atom. The zero-order valence-electron chi connectivity index (χ0n) is 10.7. The van der Waals surface area contributed by atoms with E-state index in [1.807, 2.05) is 27.7 Å². The zero-order valence-corrected chi connectivity index (χ0v) is 10.7. The van der Waals surface area contributed by atoms with Crippen molar-refractivity contribution < 1.29 is 9.47 Å². The van der Waals surface area contributed by atoms with E-state index in [9.17, 15) is 0 Å². The normalized spacial score (nSPS) is 10.4. The monoisotopic (exact) mass is 234 g/mol. The smallest absolute Gasteiger partial charge is 0.147 e. The summed E-state index contributed by atoms with van der Waals surface area (Å²) in [6.07, 6.45) is -0.00344. The third-order valence-corrected chi connectivity index (χ3v) is 1.96. The molecule has 0 atom stereocenters. The lowest BCUT2D eigenvalue weighted by atomic mass is 10.2. The second-order valence-electron chi connectivity index (χ2n) is 4.33. The quantitative estimate of drug-likeness (QED) is 0.813. The summed E-state index contributed by atoms with van der Waals surface area (Å²) in [6, 6.07) is 5.32. The van der Waals surface area contributed by atoms with E-state index in [1.54, 1.807) is 12.1 Å². The summed E-state index contributed by atoms with van der Waals surface area (Å²) in [5.74, 6) is 0.990. The third kappa shape index (κ3) is 3.56. The van der Waals surface area contributed by atoms with Crippen molar-refractivity contribution in [2.24, 2.45) is 0 Å². The number of nitriles is 1. The number of nitrogens with zero attached hydrogens (tertiary/aromatic N) is 1. The second kappa shape index (κ2) is 5.44. The van der Waals surface area contributed by atoms with E-state index in [2.05, 4.69) is 6.07 Å². The number of nitrogens with two attached hydrogens (primary N) is 1. The minimum absolute atomic E-state index is 0.00172. The lowest BCUT2D eigenvalue weighted by Crippen LogP contribution is -2.11. The Labute approximate surface area is 102 Å².